The Morgan fingerprint density at radius 2 is 1.86 bits per heavy atom. The van der Waals surface area contributed by atoms with Crippen LogP contribution in [0.1, 0.15) is 20.8 Å². The molecule has 35 heavy (non-hydrogen) atoms. The van der Waals surface area contributed by atoms with Crippen LogP contribution in [0.3, 0.4) is 0 Å². The molecule has 2 aliphatic rings. The number of nitrogens with one attached hydrogen (secondary N) is 1. The molecule has 0 aromatic rings. The molecule has 15 heteroatoms. The molecule has 0 aliphatic carbocycles. The second kappa shape index (κ2) is 13.1. The number of oxime groups is 1. The summed E-state index contributed by atoms with van der Waals surface area (Å²) in [5.74, 6) is -2.64. The minimum Gasteiger partial charge on any atom is -0.431 e. The molecule has 194 valence electrons. The average Bonchev–Trinajstić information content (AvgIpc) is 2.79. The van der Waals surface area contributed by atoms with Crippen molar-refractivity contribution in [2.75, 3.05) is 31.0 Å². The number of hydrogen-bond donors (Lipinski definition) is 1. The average molecular weight is 627 g/mol. The van der Waals surface area contributed by atoms with Crippen LogP contribution >= 0.6 is 34.4 Å². The summed E-state index contributed by atoms with van der Waals surface area (Å²) in [7, 11) is 2.62. The SMILES string of the molecule is COCC1=C(C(=O)OC(C)OC(=O)OC(C)C)N2C(=O)C(NC(=O)/C(=N\OC)C(=O)CI)[C@@H]2SC1. The third kappa shape index (κ3) is 7.07. The lowest BCUT2D eigenvalue weighted by Crippen LogP contribution is -2.71. The predicted molar refractivity (Wildman–Crippen MR) is 131 cm³/mol. The normalized spacial score (nSPS) is 20.5. The second-order valence-corrected chi connectivity index (χ2v) is 9.30. The van der Waals surface area contributed by atoms with Crippen LogP contribution in [-0.2, 0) is 43.0 Å². The van der Waals surface area contributed by atoms with Crippen LogP contribution in [0.2, 0.25) is 0 Å². The summed E-state index contributed by atoms with van der Waals surface area (Å²) >= 11 is 3.07. The molecule has 0 saturated carbocycles. The standard InChI is InChI=1S/C20H26IN3O10S/c1-9(2)32-20(29)34-10(3)33-19(28)15-11(7-30-4)8-35-18-14(17(27)24(15)18)22-16(26)13(23-31-5)12(25)6-21/h9-10,14,18H,6-8H2,1-5H3,(H,22,26)/b23-13-/t10?,14?,18-/m0/s1. The van der Waals surface area contributed by atoms with Gasteiger partial charge in [-0.05, 0) is 19.4 Å². The van der Waals surface area contributed by atoms with Gasteiger partial charge in [0, 0.05) is 19.8 Å². The highest BCUT2D eigenvalue weighted by Gasteiger charge is 2.55. The van der Waals surface area contributed by atoms with Crippen molar-refractivity contribution in [3.63, 3.8) is 0 Å². The van der Waals surface area contributed by atoms with Gasteiger partial charge in [0.2, 0.25) is 12.0 Å². The van der Waals surface area contributed by atoms with Crippen LogP contribution in [0.5, 0.6) is 0 Å². The number of β-lactam (4-membered cyclic amide) rings is 1. The molecule has 13 nitrogen and oxygen atoms in total. The third-order valence-corrected chi connectivity index (χ3v) is 6.53. The Balaban J connectivity index is 2.17. The summed E-state index contributed by atoms with van der Waals surface area (Å²) < 4.78 is 20.1. The molecule has 2 unspecified atom stereocenters. The Kier molecular flexibility index (Phi) is 10.8. The first-order valence-corrected chi connectivity index (χ1v) is 12.9. The number of halogens is 1. The van der Waals surface area contributed by atoms with E-state index in [4.69, 9.17) is 18.9 Å². The van der Waals surface area contributed by atoms with Crippen LogP contribution in [-0.4, -0.2) is 95.2 Å². The fourth-order valence-electron chi connectivity index (χ4n) is 3.13. The number of hydrogen-bond acceptors (Lipinski definition) is 12. The summed E-state index contributed by atoms with van der Waals surface area (Å²) in [4.78, 5) is 67.8. The number of amides is 2. The Bertz CT molecular complexity index is 938. The van der Waals surface area contributed by atoms with Crippen molar-refractivity contribution < 1.29 is 47.8 Å². The summed E-state index contributed by atoms with van der Waals surface area (Å²) in [6.07, 6.45) is -2.73. The van der Waals surface area contributed by atoms with Gasteiger partial charge in [-0.15, -0.1) is 11.8 Å². The summed E-state index contributed by atoms with van der Waals surface area (Å²) in [6.45, 7) is 4.63. The smallest absolute Gasteiger partial charge is 0.431 e. The zero-order valence-corrected chi connectivity index (χ0v) is 22.7. The number of Topliss-reactive ketones (excluding diaryl/α,β-unsaturated/α-hetero) is 1. The Hall–Kier alpha value is -2.40. The number of carbonyl (C=O) groups is 5. The van der Waals surface area contributed by atoms with Gasteiger partial charge in [-0.1, -0.05) is 27.7 Å². The lowest BCUT2D eigenvalue weighted by atomic mass is 10.0. The van der Waals surface area contributed by atoms with Crippen LogP contribution < -0.4 is 5.32 Å². The number of ketones is 1. The van der Waals surface area contributed by atoms with Gasteiger partial charge in [0.25, 0.3) is 11.8 Å². The zero-order chi connectivity index (χ0) is 26.3. The molecule has 1 saturated heterocycles. The molecule has 0 bridgehead atoms. The largest absolute Gasteiger partial charge is 0.511 e. The molecule has 0 aromatic heterocycles. The molecule has 2 aliphatic heterocycles. The first kappa shape index (κ1) is 28.8. The molecule has 0 radical (unpaired) electrons. The fourth-order valence-corrected chi connectivity index (χ4v) is 4.82. The molecule has 0 aromatic carbocycles. The topological polar surface area (TPSA) is 159 Å². The molecule has 1 N–H and O–H groups in total. The zero-order valence-electron chi connectivity index (χ0n) is 19.7. The van der Waals surface area contributed by atoms with Crippen LogP contribution in [0, 0.1) is 0 Å². The highest BCUT2D eigenvalue weighted by molar-refractivity contribution is 14.1. The van der Waals surface area contributed by atoms with E-state index in [1.165, 1.54) is 37.8 Å². The molecular formula is C20H26IN3O10S. The first-order valence-electron chi connectivity index (χ1n) is 10.3. The highest BCUT2D eigenvalue weighted by Crippen LogP contribution is 2.40. The van der Waals surface area contributed by atoms with Crippen molar-refractivity contribution in [1.82, 2.24) is 10.2 Å². The molecule has 3 atom stereocenters. The van der Waals surface area contributed by atoms with Gasteiger partial charge >= 0.3 is 12.1 Å². The monoisotopic (exact) mass is 627 g/mol. The van der Waals surface area contributed by atoms with Crippen molar-refractivity contribution in [3.05, 3.63) is 11.3 Å². The molecule has 0 spiro atoms. The minimum absolute atomic E-state index is 0.0135. The van der Waals surface area contributed by atoms with Crippen molar-refractivity contribution in [2.24, 2.45) is 5.16 Å². The summed E-state index contributed by atoms with van der Waals surface area (Å²) in [6, 6.07) is -1.02. The number of carbonyl (C=O) groups excluding carboxylic acids is 5. The van der Waals surface area contributed by atoms with Crippen molar-refractivity contribution in [1.29, 1.82) is 0 Å². The number of methoxy groups -OCH3 is 1. The van der Waals surface area contributed by atoms with Crippen LogP contribution in [0.15, 0.2) is 16.4 Å². The lowest BCUT2D eigenvalue weighted by Gasteiger charge is -2.49. The van der Waals surface area contributed by atoms with E-state index >= 15 is 0 Å². The van der Waals surface area contributed by atoms with E-state index in [0.29, 0.717) is 11.3 Å². The molecule has 2 rings (SSSR count). The minimum atomic E-state index is -1.29. The van der Waals surface area contributed by atoms with Gasteiger partial charge in [-0.2, -0.15) is 0 Å². The Labute approximate surface area is 219 Å². The summed E-state index contributed by atoms with van der Waals surface area (Å²) in [5.41, 5.74) is -0.0491. The van der Waals surface area contributed by atoms with Crippen molar-refractivity contribution in [2.45, 2.75) is 44.6 Å². The van der Waals surface area contributed by atoms with Gasteiger partial charge in [-0.25, -0.2) is 9.59 Å². The van der Waals surface area contributed by atoms with E-state index in [9.17, 15) is 24.0 Å². The van der Waals surface area contributed by atoms with Gasteiger partial charge in [-0.3, -0.25) is 19.3 Å². The molecule has 1 fully saturated rings. The molecule has 2 amide bonds. The molecular weight excluding hydrogens is 601 g/mol. The van der Waals surface area contributed by atoms with E-state index in [0.717, 1.165) is 0 Å². The Morgan fingerprint density at radius 1 is 1.17 bits per heavy atom. The van der Waals surface area contributed by atoms with Gasteiger partial charge in [0.15, 0.2) is 5.78 Å². The maximum atomic E-state index is 13.0. The van der Waals surface area contributed by atoms with E-state index in [-0.39, 0.29) is 16.7 Å². The highest BCUT2D eigenvalue weighted by atomic mass is 127. The van der Waals surface area contributed by atoms with Gasteiger partial charge in [0.1, 0.15) is 24.2 Å². The van der Waals surface area contributed by atoms with Gasteiger partial charge in [0.05, 0.1) is 17.1 Å². The third-order valence-electron chi connectivity index (χ3n) is 4.50. The van der Waals surface area contributed by atoms with Crippen molar-refractivity contribution >= 4 is 69.8 Å². The lowest BCUT2D eigenvalue weighted by molar-refractivity contribution is -0.169. The number of alkyl halides is 1. The number of rotatable bonds is 11. The number of ether oxygens (including phenoxy) is 4. The maximum Gasteiger partial charge on any atom is 0.511 e. The van der Waals surface area contributed by atoms with Crippen LogP contribution in [0.25, 0.3) is 0 Å². The quantitative estimate of drug-likeness (QED) is 0.0504. The number of thioether (sulfide) groups is 1. The van der Waals surface area contributed by atoms with E-state index in [1.54, 1.807) is 36.4 Å². The number of esters is 1. The van der Waals surface area contributed by atoms with Crippen LogP contribution in [0.4, 0.5) is 4.79 Å². The number of nitrogens with zero attached hydrogens (tertiary/aromatic N) is 2. The fraction of sp³-hybridized carbons (Fsp3) is 0.600. The predicted octanol–water partition coefficient (Wildman–Crippen LogP) is 0.744. The maximum absolute atomic E-state index is 13.0. The van der Waals surface area contributed by atoms with E-state index < -0.39 is 59.2 Å². The first-order chi connectivity index (χ1) is 16.5. The van der Waals surface area contributed by atoms with E-state index in [2.05, 4.69) is 15.3 Å². The summed E-state index contributed by atoms with van der Waals surface area (Å²) in [5, 5.41) is 5.29. The number of fused-ring (bicyclic) bond motifs is 1. The van der Waals surface area contributed by atoms with Gasteiger partial charge < -0.3 is 29.1 Å². The van der Waals surface area contributed by atoms with Crippen molar-refractivity contribution in [3.8, 4) is 0 Å². The Morgan fingerprint density at radius 3 is 2.43 bits per heavy atom. The van der Waals surface area contributed by atoms with E-state index in [1.807, 2.05) is 0 Å². The second-order valence-electron chi connectivity index (χ2n) is 7.43. The molecule has 2 heterocycles.